The Balaban J connectivity index is 1.11. The maximum absolute atomic E-state index is 14.5. The summed E-state index contributed by atoms with van der Waals surface area (Å²) in [7, 11) is 2.94. The number of anilines is 1. The molecule has 3 aliphatic carbocycles. The molecule has 2 saturated heterocycles. The summed E-state index contributed by atoms with van der Waals surface area (Å²) in [6.45, 7) is 8.53. The van der Waals surface area contributed by atoms with Gasteiger partial charge in [0.25, 0.3) is 5.91 Å². The minimum Gasteiger partial charge on any atom is -0.482 e. The fraction of sp³-hybridized carbons (Fsp3) is 0.553. The number of pyridine rings is 3. The van der Waals surface area contributed by atoms with Crippen LogP contribution in [-0.4, -0.2) is 105 Å². The SMILES string of the molecule is CCc1c(N2CCN(C(=O)c3c(OC)[nH]cc([C@@H]4CCOC4)c3=O)CC2)c(=O)c2nn(-c3ccnc(OC)c3)nc2n1CC(=O)NC12CC(C(C)C)(C1)C2. The molecule has 286 valence electrons. The summed E-state index contributed by atoms with van der Waals surface area (Å²) in [6, 6.07) is 3.38. The van der Waals surface area contributed by atoms with Gasteiger partial charge in [0.2, 0.25) is 28.5 Å². The van der Waals surface area contributed by atoms with Gasteiger partial charge < -0.3 is 38.9 Å². The van der Waals surface area contributed by atoms with Crippen molar-refractivity contribution in [2.45, 2.75) is 70.9 Å². The van der Waals surface area contributed by atoms with Crippen molar-refractivity contribution in [2.24, 2.45) is 11.3 Å². The van der Waals surface area contributed by atoms with Crippen LogP contribution in [0.5, 0.6) is 11.8 Å². The van der Waals surface area contributed by atoms with Crippen molar-refractivity contribution in [3.05, 3.63) is 61.8 Å². The Labute approximate surface area is 311 Å². The van der Waals surface area contributed by atoms with Gasteiger partial charge in [0.15, 0.2) is 11.2 Å². The van der Waals surface area contributed by atoms with Gasteiger partial charge in [-0.2, -0.15) is 0 Å². The van der Waals surface area contributed by atoms with E-state index in [-0.39, 0.29) is 64.8 Å². The second-order valence-corrected chi connectivity index (χ2v) is 15.5. The molecule has 9 rings (SSSR count). The van der Waals surface area contributed by atoms with Crippen molar-refractivity contribution >= 4 is 28.7 Å². The number of hydrogen-bond acceptors (Lipinski definition) is 11. The molecule has 54 heavy (non-hydrogen) atoms. The third-order valence-electron chi connectivity index (χ3n) is 12.1. The monoisotopic (exact) mass is 741 g/mol. The maximum Gasteiger partial charge on any atom is 0.263 e. The van der Waals surface area contributed by atoms with E-state index in [2.05, 4.69) is 34.2 Å². The Kier molecular flexibility index (Phi) is 8.98. The van der Waals surface area contributed by atoms with Crippen LogP contribution in [0, 0.1) is 11.3 Å². The van der Waals surface area contributed by atoms with E-state index < -0.39 is 5.91 Å². The van der Waals surface area contributed by atoms with Crippen LogP contribution in [0.15, 0.2) is 34.1 Å². The molecule has 0 unspecified atom stereocenters. The molecule has 16 heteroatoms. The lowest BCUT2D eigenvalue weighted by Gasteiger charge is -2.72. The fourth-order valence-electron chi connectivity index (χ4n) is 9.08. The standard InChI is InChI=1S/C38H47N9O7/c1-6-26-31(44-10-12-45(13-11-44)36(51)29-32(49)25(16-40-35(29)53-5)23-8-14-54-18-23)33(50)30-34(43-47(42-30)24-7-9-39-28(15-24)52-4)46(26)17-27(48)41-38-19-37(20-38,21-38)22(2)3/h7,9,15-16,22-23H,6,8,10-14,17-21H2,1-5H3,(H,40,49)(H,41,48)/t23-,37?,38?/m1/s1. The van der Waals surface area contributed by atoms with Gasteiger partial charge in [-0.3, -0.25) is 19.2 Å². The Morgan fingerprint density at radius 3 is 2.48 bits per heavy atom. The number of carbonyl (C=O) groups excluding carboxylic acids is 2. The number of amides is 2. The summed E-state index contributed by atoms with van der Waals surface area (Å²) in [5, 5.41) is 12.7. The number of carbonyl (C=O) groups is 2. The first-order valence-corrected chi connectivity index (χ1v) is 18.8. The Hall–Kier alpha value is -5.25. The topological polar surface area (TPSA) is 179 Å². The minimum atomic E-state index is -0.433. The molecule has 2 amide bonds. The molecule has 16 nitrogen and oxygen atoms in total. The number of methoxy groups -OCH3 is 2. The van der Waals surface area contributed by atoms with E-state index in [1.54, 1.807) is 29.4 Å². The average Bonchev–Trinajstić information content (AvgIpc) is 3.85. The van der Waals surface area contributed by atoms with E-state index in [4.69, 9.17) is 19.3 Å². The number of aromatic nitrogens is 6. The highest BCUT2D eigenvalue weighted by Gasteiger charge is 2.69. The van der Waals surface area contributed by atoms with Gasteiger partial charge in [0.05, 0.1) is 26.5 Å². The summed E-state index contributed by atoms with van der Waals surface area (Å²) < 4.78 is 18.1. The predicted molar refractivity (Wildman–Crippen MR) is 199 cm³/mol. The van der Waals surface area contributed by atoms with Crippen molar-refractivity contribution in [3.63, 3.8) is 0 Å². The van der Waals surface area contributed by atoms with Gasteiger partial charge in [0, 0.05) is 74.0 Å². The molecule has 0 spiro atoms. The first-order valence-electron chi connectivity index (χ1n) is 18.8. The van der Waals surface area contributed by atoms with E-state index in [9.17, 15) is 19.2 Å². The lowest BCUT2D eigenvalue weighted by atomic mass is 9.36. The molecule has 4 aromatic heterocycles. The Morgan fingerprint density at radius 1 is 1.07 bits per heavy atom. The number of fused-ring (bicyclic) bond motifs is 1. The van der Waals surface area contributed by atoms with Gasteiger partial charge in [-0.15, -0.1) is 15.0 Å². The molecule has 4 aromatic rings. The second-order valence-electron chi connectivity index (χ2n) is 15.5. The minimum absolute atomic E-state index is 0.0354. The second kappa shape index (κ2) is 13.6. The van der Waals surface area contributed by atoms with E-state index in [1.165, 1.54) is 19.0 Å². The molecular weight excluding hydrogens is 694 g/mol. The van der Waals surface area contributed by atoms with Crippen LogP contribution in [0.1, 0.15) is 74.0 Å². The highest BCUT2D eigenvalue weighted by atomic mass is 16.5. The van der Waals surface area contributed by atoms with E-state index in [1.807, 2.05) is 16.4 Å². The van der Waals surface area contributed by atoms with Gasteiger partial charge >= 0.3 is 0 Å². The number of ether oxygens (including phenoxy) is 3. The number of nitrogens with zero attached hydrogens (tertiary/aromatic N) is 7. The van der Waals surface area contributed by atoms with Gasteiger partial charge in [0.1, 0.15) is 17.8 Å². The van der Waals surface area contributed by atoms with Crippen molar-refractivity contribution < 1.29 is 23.8 Å². The fourth-order valence-corrected chi connectivity index (χ4v) is 9.08. The summed E-state index contributed by atoms with van der Waals surface area (Å²) in [4.78, 5) is 68.0. The number of aromatic amines is 1. The third-order valence-corrected chi connectivity index (χ3v) is 12.1. The number of hydrogen-bond donors (Lipinski definition) is 2. The summed E-state index contributed by atoms with van der Waals surface area (Å²) in [5.41, 5.74) is 2.00. The molecule has 1 atom stereocenters. The molecule has 5 aliphatic rings. The van der Waals surface area contributed by atoms with Crippen LogP contribution in [0.25, 0.3) is 16.9 Å². The van der Waals surface area contributed by atoms with Crippen LogP contribution in [0.4, 0.5) is 5.69 Å². The van der Waals surface area contributed by atoms with Gasteiger partial charge in [-0.1, -0.05) is 20.8 Å². The van der Waals surface area contributed by atoms with Crippen LogP contribution in [-0.2, 0) is 22.5 Å². The van der Waals surface area contributed by atoms with Crippen LogP contribution in [0.3, 0.4) is 0 Å². The van der Waals surface area contributed by atoms with E-state index in [0.717, 1.165) is 19.3 Å². The molecule has 2 aliphatic heterocycles. The quantitative estimate of drug-likeness (QED) is 0.231. The maximum atomic E-state index is 14.5. The molecule has 2 N–H and O–H groups in total. The number of H-pyrrole nitrogens is 1. The molecule has 0 aromatic carbocycles. The Morgan fingerprint density at radius 2 is 1.83 bits per heavy atom. The van der Waals surface area contributed by atoms with E-state index >= 15 is 0 Å². The van der Waals surface area contributed by atoms with Crippen LogP contribution in [0.2, 0.25) is 0 Å². The lowest BCUT2D eigenvalue weighted by Crippen LogP contribution is -2.76. The normalized spacial score (nSPS) is 23.3. The first kappa shape index (κ1) is 35.8. The zero-order chi connectivity index (χ0) is 37.9. The van der Waals surface area contributed by atoms with E-state index in [0.29, 0.717) is 84.6 Å². The largest absolute Gasteiger partial charge is 0.482 e. The smallest absolute Gasteiger partial charge is 0.263 e. The molecule has 5 fully saturated rings. The summed E-state index contributed by atoms with van der Waals surface area (Å²) in [5.74, 6) is 0.382. The number of piperazine rings is 1. The van der Waals surface area contributed by atoms with Crippen LogP contribution < -0.4 is 30.5 Å². The number of rotatable bonds is 11. The van der Waals surface area contributed by atoms with Crippen LogP contribution >= 0.6 is 0 Å². The highest BCUT2D eigenvalue weighted by Crippen LogP contribution is 2.70. The Bertz CT molecular complexity index is 2230. The molecule has 6 heterocycles. The third kappa shape index (κ3) is 5.81. The molecule has 0 radical (unpaired) electrons. The van der Waals surface area contributed by atoms with Crippen molar-refractivity contribution in [3.8, 4) is 17.4 Å². The summed E-state index contributed by atoms with van der Waals surface area (Å²) in [6.07, 6.45) is 7.27. The first-order chi connectivity index (χ1) is 26.0. The lowest BCUT2D eigenvalue weighted by molar-refractivity contribution is -0.187. The van der Waals surface area contributed by atoms with Crippen molar-refractivity contribution in [2.75, 3.05) is 58.5 Å². The van der Waals surface area contributed by atoms with Crippen molar-refractivity contribution in [1.82, 2.24) is 39.7 Å². The highest BCUT2D eigenvalue weighted by molar-refractivity contribution is 5.96. The average molecular weight is 742 g/mol. The van der Waals surface area contributed by atoms with Crippen molar-refractivity contribution in [1.29, 1.82) is 0 Å². The molecular formula is C38H47N9O7. The zero-order valence-corrected chi connectivity index (χ0v) is 31.4. The van der Waals surface area contributed by atoms with Gasteiger partial charge in [-0.25, -0.2) is 4.98 Å². The number of nitrogens with one attached hydrogen (secondary N) is 2. The summed E-state index contributed by atoms with van der Waals surface area (Å²) >= 11 is 0. The van der Waals surface area contributed by atoms with Gasteiger partial charge in [-0.05, 0) is 49.5 Å². The zero-order valence-electron chi connectivity index (χ0n) is 31.4. The molecule has 3 saturated carbocycles. The molecule has 2 bridgehead atoms. The predicted octanol–water partition coefficient (Wildman–Crippen LogP) is 2.41.